The zero-order valence-electron chi connectivity index (χ0n) is 13.9. The maximum absolute atomic E-state index is 12.5. The van der Waals surface area contributed by atoms with Crippen molar-refractivity contribution in [3.05, 3.63) is 58.6 Å². The van der Waals surface area contributed by atoms with Gasteiger partial charge in [0.25, 0.3) is 5.91 Å². The molecule has 0 radical (unpaired) electrons. The molecule has 7 heteroatoms. The van der Waals surface area contributed by atoms with Gasteiger partial charge in [-0.15, -0.1) is 24.8 Å². The first kappa shape index (κ1) is 21.4. The summed E-state index contributed by atoms with van der Waals surface area (Å²) in [5, 5.41) is 3.84. The van der Waals surface area contributed by atoms with Crippen LogP contribution in [0.4, 0.5) is 11.4 Å². The molecule has 0 spiro atoms. The Bertz CT molecular complexity index is 739. The van der Waals surface area contributed by atoms with Crippen molar-refractivity contribution in [2.24, 2.45) is 0 Å². The van der Waals surface area contributed by atoms with Gasteiger partial charge in [0.1, 0.15) is 0 Å². The van der Waals surface area contributed by atoms with Crippen LogP contribution in [0, 0.1) is 6.92 Å². The maximum Gasteiger partial charge on any atom is 0.251 e. The minimum Gasteiger partial charge on any atom is -0.399 e. The summed E-state index contributed by atoms with van der Waals surface area (Å²) in [7, 11) is 0. The second-order valence-corrected chi connectivity index (χ2v) is 6.40. The fourth-order valence-corrected chi connectivity index (χ4v) is 3.12. The zero-order chi connectivity index (χ0) is 16.4. The molecule has 1 heterocycles. The lowest BCUT2D eigenvalue weighted by atomic mass is 10.1. The van der Waals surface area contributed by atoms with Crippen molar-refractivity contribution in [3.63, 3.8) is 0 Å². The van der Waals surface area contributed by atoms with Crippen molar-refractivity contribution >= 4 is 53.7 Å². The molecule has 2 aromatic carbocycles. The van der Waals surface area contributed by atoms with Gasteiger partial charge < -0.3 is 16.0 Å². The lowest BCUT2D eigenvalue weighted by Crippen LogP contribution is -2.37. The molecule has 1 fully saturated rings. The number of aryl methyl sites for hydroxylation is 1. The standard InChI is InChI=1S/C18H20ClN3O.2ClH/c1-12-5-6-14(20)10-17(12)18(23)21-15-7-8-22(11-15)16-4-2-3-13(19)9-16;;/h2-6,9-10,15H,7-8,11,20H2,1H3,(H,21,23);2*1H. The number of nitrogens with two attached hydrogens (primary N) is 1. The molecule has 136 valence electrons. The summed E-state index contributed by atoms with van der Waals surface area (Å²) in [6.07, 6.45) is 0.916. The normalized spacial score (nSPS) is 15.9. The van der Waals surface area contributed by atoms with Crippen molar-refractivity contribution in [1.82, 2.24) is 5.32 Å². The first-order valence-electron chi connectivity index (χ1n) is 7.70. The summed E-state index contributed by atoms with van der Waals surface area (Å²) in [6, 6.07) is 13.3. The third-order valence-corrected chi connectivity index (χ3v) is 4.44. The van der Waals surface area contributed by atoms with Crippen LogP contribution in [0.15, 0.2) is 42.5 Å². The fourth-order valence-electron chi connectivity index (χ4n) is 2.93. The van der Waals surface area contributed by atoms with Crippen molar-refractivity contribution in [3.8, 4) is 0 Å². The van der Waals surface area contributed by atoms with E-state index in [0.29, 0.717) is 11.3 Å². The number of hydrogen-bond acceptors (Lipinski definition) is 3. The van der Waals surface area contributed by atoms with Crippen LogP contribution in [0.1, 0.15) is 22.3 Å². The predicted molar refractivity (Wildman–Crippen MR) is 110 cm³/mol. The number of halogens is 3. The van der Waals surface area contributed by atoms with Crippen LogP contribution in [0.3, 0.4) is 0 Å². The smallest absolute Gasteiger partial charge is 0.251 e. The average Bonchev–Trinajstić information content (AvgIpc) is 2.98. The molecule has 4 nitrogen and oxygen atoms in total. The molecule has 1 aliphatic rings. The lowest BCUT2D eigenvalue weighted by Gasteiger charge is -2.19. The number of nitrogen functional groups attached to an aromatic ring is 1. The van der Waals surface area contributed by atoms with Gasteiger partial charge in [-0.2, -0.15) is 0 Å². The molecule has 1 saturated heterocycles. The van der Waals surface area contributed by atoms with Gasteiger partial charge in [0.15, 0.2) is 0 Å². The lowest BCUT2D eigenvalue weighted by molar-refractivity contribution is 0.0940. The van der Waals surface area contributed by atoms with Crippen LogP contribution in [0.5, 0.6) is 0 Å². The highest BCUT2D eigenvalue weighted by Crippen LogP contribution is 2.23. The minimum absolute atomic E-state index is 0. The van der Waals surface area contributed by atoms with E-state index < -0.39 is 0 Å². The summed E-state index contributed by atoms with van der Waals surface area (Å²) in [5.74, 6) is -0.0623. The molecular weight excluding hydrogens is 381 g/mol. The Morgan fingerprint density at radius 3 is 2.72 bits per heavy atom. The average molecular weight is 403 g/mol. The number of benzene rings is 2. The summed E-state index contributed by atoms with van der Waals surface area (Å²) >= 11 is 6.05. The molecule has 0 saturated carbocycles. The Labute approximate surface area is 165 Å². The van der Waals surface area contributed by atoms with E-state index in [1.165, 1.54) is 0 Å². The van der Waals surface area contributed by atoms with E-state index in [1.807, 2.05) is 43.3 Å². The van der Waals surface area contributed by atoms with E-state index in [0.717, 1.165) is 35.8 Å². The van der Waals surface area contributed by atoms with Crippen molar-refractivity contribution < 1.29 is 4.79 Å². The highest BCUT2D eigenvalue weighted by Gasteiger charge is 2.25. The van der Waals surface area contributed by atoms with Gasteiger partial charge in [0.05, 0.1) is 0 Å². The van der Waals surface area contributed by atoms with E-state index in [4.69, 9.17) is 17.3 Å². The van der Waals surface area contributed by atoms with Gasteiger partial charge in [-0.05, 0) is 49.2 Å². The van der Waals surface area contributed by atoms with E-state index in [1.54, 1.807) is 6.07 Å². The maximum atomic E-state index is 12.5. The highest BCUT2D eigenvalue weighted by molar-refractivity contribution is 6.30. The molecule has 2 aromatic rings. The number of anilines is 2. The molecule has 0 aromatic heterocycles. The van der Waals surface area contributed by atoms with Gasteiger partial charge >= 0.3 is 0 Å². The number of nitrogens with one attached hydrogen (secondary N) is 1. The van der Waals surface area contributed by atoms with E-state index in [9.17, 15) is 4.79 Å². The Kier molecular flexibility index (Phi) is 7.87. The van der Waals surface area contributed by atoms with Gasteiger partial charge in [0, 0.05) is 41.1 Å². The molecule has 3 N–H and O–H groups in total. The molecule has 1 unspecified atom stereocenters. The first-order valence-corrected chi connectivity index (χ1v) is 8.08. The number of hydrogen-bond donors (Lipinski definition) is 2. The van der Waals surface area contributed by atoms with Gasteiger partial charge in [-0.1, -0.05) is 23.7 Å². The molecule has 0 aliphatic carbocycles. The van der Waals surface area contributed by atoms with Crippen LogP contribution in [-0.4, -0.2) is 25.0 Å². The van der Waals surface area contributed by atoms with Crippen LogP contribution in [-0.2, 0) is 0 Å². The summed E-state index contributed by atoms with van der Waals surface area (Å²) in [4.78, 5) is 14.7. The van der Waals surface area contributed by atoms with Crippen LogP contribution in [0.25, 0.3) is 0 Å². The van der Waals surface area contributed by atoms with Crippen LogP contribution >= 0.6 is 36.4 Å². The van der Waals surface area contributed by atoms with Crippen LogP contribution < -0.4 is 16.0 Å². The summed E-state index contributed by atoms with van der Waals surface area (Å²) < 4.78 is 0. The molecule has 0 bridgehead atoms. The number of rotatable bonds is 3. The number of carbonyl (C=O) groups excluding carboxylic acids is 1. The molecular formula is C18H22Cl3N3O. The fraction of sp³-hybridized carbons (Fsp3) is 0.278. The monoisotopic (exact) mass is 401 g/mol. The van der Waals surface area contributed by atoms with Gasteiger partial charge in [0.2, 0.25) is 0 Å². The van der Waals surface area contributed by atoms with E-state index in [-0.39, 0.29) is 36.8 Å². The highest BCUT2D eigenvalue weighted by atomic mass is 35.5. The van der Waals surface area contributed by atoms with Crippen molar-refractivity contribution in [2.45, 2.75) is 19.4 Å². The minimum atomic E-state index is -0.0623. The van der Waals surface area contributed by atoms with E-state index >= 15 is 0 Å². The Morgan fingerprint density at radius 2 is 2.00 bits per heavy atom. The number of carbonyl (C=O) groups is 1. The molecule has 1 atom stereocenters. The quantitative estimate of drug-likeness (QED) is 0.760. The molecule has 25 heavy (non-hydrogen) atoms. The summed E-state index contributed by atoms with van der Waals surface area (Å²) in [6.45, 7) is 3.61. The summed E-state index contributed by atoms with van der Waals surface area (Å²) in [5.41, 5.74) is 9.06. The number of amides is 1. The predicted octanol–water partition coefficient (Wildman–Crippen LogP) is 4.08. The third-order valence-electron chi connectivity index (χ3n) is 4.20. The Balaban J connectivity index is 0.00000156. The second-order valence-electron chi connectivity index (χ2n) is 5.96. The Morgan fingerprint density at radius 1 is 1.24 bits per heavy atom. The molecule has 1 amide bonds. The largest absolute Gasteiger partial charge is 0.399 e. The third kappa shape index (κ3) is 5.18. The van der Waals surface area contributed by atoms with Gasteiger partial charge in [-0.3, -0.25) is 4.79 Å². The van der Waals surface area contributed by atoms with Crippen molar-refractivity contribution in [1.29, 1.82) is 0 Å². The van der Waals surface area contributed by atoms with Crippen LogP contribution in [0.2, 0.25) is 5.02 Å². The molecule has 3 rings (SSSR count). The second kappa shape index (κ2) is 9.18. The zero-order valence-corrected chi connectivity index (χ0v) is 16.3. The molecule has 1 aliphatic heterocycles. The SMILES string of the molecule is Cc1ccc(N)cc1C(=O)NC1CCN(c2cccc(Cl)c2)C1.Cl.Cl. The van der Waals surface area contributed by atoms with Gasteiger partial charge in [-0.25, -0.2) is 0 Å². The van der Waals surface area contributed by atoms with E-state index in [2.05, 4.69) is 10.2 Å². The topological polar surface area (TPSA) is 58.4 Å². The number of nitrogens with zero attached hydrogens (tertiary/aromatic N) is 1. The van der Waals surface area contributed by atoms with Crippen molar-refractivity contribution in [2.75, 3.05) is 23.7 Å². The Hall–Kier alpha value is -1.62. The first-order chi connectivity index (χ1) is 11.0.